The quantitative estimate of drug-likeness (QED) is 0.613. The predicted molar refractivity (Wildman–Crippen MR) is 109 cm³/mol. The molecule has 0 unspecified atom stereocenters. The van der Waals surface area contributed by atoms with Crippen LogP contribution in [-0.4, -0.2) is 28.0 Å². The molecule has 0 bridgehead atoms. The van der Waals surface area contributed by atoms with E-state index in [0.29, 0.717) is 16.8 Å². The molecular weight excluding hydrogens is 360 g/mol. The third-order valence-corrected chi connectivity index (χ3v) is 5.44. The number of aromatic nitrogens is 2. The van der Waals surface area contributed by atoms with Gasteiger partial charge in [-0.15, -0.1) is 0 Å². The van der Waals surface area contributed by atoms with E-state index < -0.39 is 0 Å². The number of aryl methyl sites for hydroxylation is 1. The van der Waals surface area contributed by atoms with Crippen LogP contribution in [0.3, 0.4) is 0 Å². The molecule has 140 valence electrons. The number of H-pyrrole nitrogens is 1. The number of carbonyl (C=O) groups excluding carboxylic acids is 1. The normalized spacial score (nSPS) is 19.8. The summed E-state index contributed by atoms with van der Waals surface area (Å²) in [6.45, 7) is 1.95. The standard InChI is InChI=1S/C21H23ClN4O/c1-13-2-9-19(24-13)21(27)26-16-6-4-15(5-7-16)25-18-10-11-23-20-12-14(22)3-8-17(18)20/h2-3,8-12,15-16,24H,4-7H2,1H3,(H,23,25)(H,26,27). The highest BCUT2D eigenvalue weighted by molar-refractivity contribution is 6.31. The van der Waals surface area contributed by atoms with Crippen molar-refractivity contribution in [2.45, 2.75) is 44.7 Å². The number of pyridine rings is 1. The Labute approximate surface area is 163 Å². The summed E-state index contributed by atoms with van der Waals surface area (Å²) in [5.41, 5.74) is 3.62. The van der Waals surface area contributed by atoms with Crippen LogP contribution in [0.1, 0.15) is 41.9 Å². The van der Waals surface area contributed by atoms with Crippen LogP contribution in [0.15, 0.2) is 42.6 Å². The summed E-state index contributed by atoms with van der Waals surface area (Å²) in [6.07, 6.45) is 5.79. The molecule has 3 aromatic rings. The Morgan fingerprint density at radius 2 is 1.89 bits per heavy atom. The Kier molecular flexibility index (Phi) is 5.03. The Hall–Kier alpha value is -2.53. The van der Waals surface area contributed by atoms with Crippen molar-refractivity contribution in [3.63, 3.8) is 0 Å². The van der Waals surface area contributed by atoms with Gasteiger partial charge in [0.15, 0.2) is 0 Å². The Morgan fingerprint density at radius 1 is 1.11 bits per heavy atom. The van der Waals surface area contributed by atoms with Crippen LogP contribution in [0.25, 0.3) is 10.9 Å². The summed E-state index contributed by atoms with van der Waals surface area (Å²) < 4.78 is 0. The van der Waals surface area contributed by atoms with E-state index in [2.05, 4.69) is 20.6 Å². The Morgan fingerprint density at radius 3 is 2.63 bits per heavy atom. The second-order valence-electron chi connectivity index (χ2n) is 7.24. The first-order chi connectivity index (χ1) is 13.1. The molecule has 1 aromatic carbocycles. The molecule has 1 aliphatic rings. The van der Waals surface area contributed by atoms with E-state index in [1.54, 1.807) is 0 Å². The molecule has 1 aliphatic carbocycles. The first-order valence-corrected chi connectivity index (χ1v) is 9.73. The highest BCUT2D eigenvalue weighted by atomic mass is 35.5. The SMILES string of the molecule is Cc1ccc(C(=O)NC2CCC(Nc3ccnc4cc(Cl)ccc34)CC2)[nH]1. The predicted octanol–water partition coefficient (Wildman–Crippen LogP) is 4.68. The molecule has 1 saturated carbocycles. The number of anilines is 1. The molecule has 6 heteroatoms. The fraction of sp³-hybridized carbons (Fsp3) is 0.333. The number of amides is 1. The van der Waals surface area contributed by atoms with Gasteiger partial charge in [-0.1, -0.05) is 11.6 Å². The maximum atomic E-state index is 12.3. The van der Waals surface area contributed by atoms with Crippen molar-refractivity contribution in [3.05, 3.63) is 59.0 Å². The number of nitrogens with zero attached hydrogens (tertiary/aromatic N) is 1. The van der Waals surface area contributed by atoms with Crippen molar-refractivity contribution in [1.29, 1.82) is 0 Å². The monoisotopic (exact) mass is 382 g/mol. The van der Waals surface area contributed by atoms with Gasteiger partial charge in [0, 0.05) is 40.1 Å². The second kappa shape index (κ2) is 7.61. The van der Waals surface area contributed by atoms with E-state index in [4.69, 9.17) is 11.6 Å². The van der Waals surface area contributed by atoms with Gasteiger partial charge >= 0.3 is 0 Å². The van der Waals surface area contributed by atoms with Crippen molar-refractivity contribution in [1.82, 2.24) is 15.3 Å². The first kappa shape index (κ1) is 17.9. The van der Waals surface area contributed by atoms with E-state index in [0.717, 1.165) is 48.0 Å². The largest absolute Gasteiger partial charge is 0.382 e. The summed E-state index contributed by atoms with van der Waals surface area (Å²) in [4.78, 5) is 19.8. The van der Waals surface area contributed by atoms with Crippen LogP contribution in [-0.2, 0) is 0 Å². The number of aromatic amines is 1. The molecule has 0 atom stereocenters. The van der Waals surface area contributed by atoms with E-state index in [-0.39, 0.29) is 11.9 Å². The molecule has 0 saturated heterocycles. The summed E-state index contributed by atoms with van der Waals surface area (Å²) in [7, 11) is 0. The molecule has 1 fully saturated rings. The van der Waals surface area contributed by atoms with E-state index >= 15 is 0 Å². The van der Waals surface area contributed by atoms with Crippen molar-refractivity contribution in [2.24, 2.45) is 0 Å². The summed E-state index contributed by atoms with van der Waals surface area (Å²) in [6, 6.07) is 12.2. The van der Waals surface area contributed by atoms with Crippen LogP contribution < -0.4 is 10.6 Å². The number of carbonyl (C=O) groups is 1. The molecule has 5 nitrogen and oxygen atoms in total. The maximum Gasteiger partial charge on any atom is 0.267 e. The zero-order valence-electron chi connectivity index (χ0n) is 15.3. The van der Waals surface area contributed by atoms with E-state index in [1.165, 1.54) is 0 Å². The average Bonchev–Trinajstić information content (AvgIpc) is 3.10. The lowest BCUT2D eigenvalue weighted by Gasteiger charge is -2.30. The number of benzene rings is 1. The molecule has 2 aromatic heterocycles. The van der Waals surface area contributed by atoms with Crippen molar-refractivity contribution >= 4 is 34.1 Å². The van der Waals surface area contributed by atoms with Gasteiger partial charge in [-0.05, 0) is 69.0 Å². The minimum atomic E-state index is -0.0171. The smallest absolute Gasteiger partial charge is 0.267 e. The molecule has 0 spiro atoms. The third kappa shape index (κ3) is 4.08. The van der Waals surface area contributed by atoms with Gasteiger partial charge in [-0.2, -0.15) is 0 Å². The van der Waals surface area contributed by atoms with Gasteiger partial charge in [0.1, 0.15) is 5.69 Å². The number of hydrogen-bond acceptors (Lipinski definition) is 3. The van der Waals surface area contributed by atoms with Gasteiger partial charge in [-0.3, -0.25) is 9.78 Å². The van der Waals surface area contributed by atoms with Gasteiger partial charge in [0.2, 0.25) is 0 Å². The number of rotatable bonds is 4. The Balaban J connectivity index is 1.35. The molecule has 0 radical (unpaired) electrons. The summed E-state index contributed by atoms with van der Waals surface area (Å²) in [5, 5.41) is 8.57. The lowest BCUT2D eigenvalue weighted by molar-refractivity contribution is 0.0922. The fourth-order valence-corrected chi connectivity index (χ4v) is 3.92. The molecular formula is C21H23ClN4O. The van der Waals surface area contributed by atoms with Crippen molar-refractivity contribution in [3.8, 4) is 0 Å². The molecule has 0 aliphatic heterocycles. The third-order valence-electron chi connectivity index (χ3n) is 5.20. The minimum absolute atomic E-state index is 0.0171. The van der Waals surface area contributed by atoms with Crippen LogP contribution in [0, 0.1) is 6.92 Å². The van der Waals surface area contributed by atoms with Crippen LogP contribution in [0.2, 0.25) is 5.02 Å². The second-order valence-corrected chi connectivity index (χ2v) is 7.68. The maximum absolute atomic E-state index is 12.3. The van der Waals surface area contributed by atoms with Gasteiger partial charge in [0.05, 0.1) is 5.52 Å². The van der Waals surface area contributed by atoms with Crippen LogP contribution >= 0.6 is 11.6 Å². The topological polar surface area (TPSA) is 69.8 Å². The molecule has 27 heavy (non-hydrogen) atoms. The zero-order chi connectivity index (χ0) is 18.8. The summed E-state index contributed by atoms with van der Waals surface area (Å²) >= 11 is 6.07. The number of halogens is 1. The molecule has 4 rings (SSSR count). The van der Waals surface area contributed by atoms with Gasteiger partial charge < -0.3 is 15.6 Å². The minimum Gasteiger partial charge on any atom is -0.382 e. The Bertz CT molecular complexity index is 960. The van der Waals surface area contributed by atoms with Crippen molar-refractivity contribution in [2.75, 3.05) is 5.32 Å². The first-order valence-electron chi connectivity index (χ1n) is 9.36. The fourth-order valence-electron chi connectivity index (χ4n) is 3.75. The molecule has 3 N–H and O–H groups in total. The van der Waals surface area contributed by atoms with Gasteiger partial charge in [-0.25, -0.2) is 0 Å². The van der Waals surface area contributed by atoms with E-state index in [9.17, 15) is 4.79 Å². The summed E-state index contributed by atoms with van der Waals surface area (Å²) in [5.74, 6) is -0.0171. The van der Waals surface area contributed by atoms with Crippen molar-refractivity contribution < 1.29 is 4.79 Å². The highest BCUT2D eigenvalue weighted by Gasteiger charge is 2.23. The average molecular weight is 383 g/mol. The number of fused-ring (bicyclic) bond motifs is 1. The van der Waals surface area contributed by atoms with Gasteiger partial charge in [0.25, 0.3) is 5.91 Å². The van der Waals surface area contributed by atoms with E-state index in [1.807, 2.05) is 49.5 Å². The molecule has 2 heterocycles. The van der Waals surface area contributed by atoms with Crippen LogP contribution in [0.4, 0.5) is 5.69 Å². The number of nitrogens with one attached hydrogen (secondary N) is 3. The highest BCUT2D eigenvalue weighted by Crippen LogP contribution is 2.28. The lowest BCUT2D eigenvalue weighted by atomic mass is 9.90. The molecule has 1 amide bonds. The lowest BCUT2D eigenvalue weighted by Crippen LogP contribution is -2.40. The zero-order valence-corrected chi connectivity index (χ0v) is 16.0. The van der Waals surface area contributed by atoms with Crippen LogP contribution in [0.5, 0.6) is 0 Å². The number of hydrogen-bond donors (Lipinski definition) is 3.